The van der Waals surface area contributed by atoms with E-state index in [1.807, 2.05) is 12.1 Å². The number of hydrogen-bond acceptors (Lipinski definition) is 2. The zero-order valence-corrected chi connectivity index (χ0v) is 10.9. The highest BCUT2D eigenvalue weighted by molar-refractivity contribution is 5.82. The number of ketones is 1. The van der Waals surface area contributed by atoms with Gasteiger partial charge in [-0.05, 0) is 37.5 Å². The second-order valence-corrected chi connectivity index (χ2v) is 5.36. The molecule has 3 rings (SSSR count). The highest BCUT2D eigenvalue weighted by Gasteiger charge is 2.24. The summed E-state index contributed by atoms with van der Waals surface area (Å²) in [6.45, 7) is 1.63. The number of carbonyl (C=O) groups excluding carboxylic acids is 1. The molecule has 0 radical (unpaired) electrons. The van der Waals surface area contributed by atoms with Crippen LogP contribution >= 0.6 is 0 Å². The van der Waals surface area contributed by atoms with Crippen LogP contribution in [0.15, 0.2) is 18.2 Å². The normalized spacial score (nSPS) is 15.9. The Hall–Kier alpha value is -1.64. The topological polar surface area (TPSA) is 34.9 Å². The summed E-state index contributed by atoms with van der Waals surface area (Å²) in [6, 6.07) is 6.16. The Kier molecular flexibility index (Phi) is 2.69. The molecule has 1 saturated carbocycles. The third kappa shape index (κ3) is 1.84. The van der Waals surface area contributed by atoms with Crippen LogP contribution in [-0.4, -0.2) is 15.3 Å². The predicted molar refractivity (Wildman–Crippen MR) is 71.7 cm³/mol. The molecule has 0 spiro atoms. The molecule has 3 heteroatoms. The van der Waals surface area contributed by atoms with Crippen LogP contribution in [0.2, 0.25) is 0 Å². The van der Waals surface area contributed by atoms with Crippen LogP contribution in [0.4, 0.5) is 0 Å². The van der Waals surface area contributed by atoms with Crippen LogP contribution in [0.25, 0.3) is 11.0 Å². The number of imidazole rings is 1. The number of carbonyl (C=O) groups is 1. The first-order valence-corrected chi connectivity index (χ1v) is 6.60. The fourth-order valence-electron chi connectivity index (χ4n) is 2.68. The minimum absolute atomic E-state index is 0.204. The molecule has 0 bridgehead atoms. The quantitative estimate of drug-likeness (QED) is 0.829. The summed E-state index contributed by atoms with van der Waals surface area (Å²) < 4.78 is 2.20. The van der Waals surface area contributed by atoms with Gasteiger partial charge in [-0.3, -0.25) is 4.79 Å². The number of rotatable bonds is 3. The maximum Gasteiger partial charge on any atom is 0.134 e. The maximum absolute atomic E-state index is 11.2. The molecule has 1 aliphatic carbocycles. The second kappa shape index (κ2) is 4.23. The van der Waals surface area contributed by atoms with E-state index < -0.39 is 0 Å². The summed E-state index contributed by atoms with van der Waals surface area (Å²) in [6.07, 6.45) is 4.36. The highest BCUT2D eigenvalue weighted by atomic mass is 16.1. The van der Waals surface area contributed by atoms with Gasteiger partial charge in [0.05, 0.1) is 11.0 Å². The van der Waals surface area contributed by atoms with E-state index in [0.717, 1.165) is 16.6 Å². The van der Waals surface area contributed by atoms with Gasteiger partial charge in [0, 0.05) is 19.4 Å². The molecule has 18 heavy (non-hydrogen) atoms. The maximum atomic E-state index is 11.2. The molecule has 1 heterocycles. The van der Waals surface area contributed by atoms with E-state index in [1.54, 1.807) is 6.92 Å². The van der Waals surface area contributed by atoms with Gasteiger partial charge in [0.15, 0.2) is 0 Å². The molecule has 1 fully saturated rings. The SMILES string of the molecule is CC(=O)Cc1ccc2nc(C3CCC3)n(C)c2c1. The number of nitrogens with zero attached hydrogens (tertiary/aromatic N) is 2. The molecule has 0 amide bonds. The molecule has 2 aromatic rings. The fraction of sp³-hybridized carbons (Fsp3) is 0.467. The molecule has 0 unspecified atom stereocenters. The molecule has 1 aromatic carbocycles. The average Bonchev–Trinajstić information content (AvgIpc) is 2.54. The zero-order valence-electron chi connectivity index (χ0n) is 10.9. The van der Waals surface area contributed by atoms with Gasteiger partial charge in [0.2, 0.25) is 0 Å². The van der Waals surface area contributed by atoms with Crippen molar-refractivity contribution in [3.63, 3.8) is 0 Å². The number of aromatic nitrogens is 2. The molecule has 1 aromatic heterocycles. The fourth-order valence-corrected chi connectivity index (χ4v) is 2.68. The van der Waals surface area contributed by atoms with Crippen molar-refractivity contribution in [1.29, 1.82) is 0 Å². The molecule has 0 aliphatic heterocycles. The third-order valence-electron chi connectivity index (χ3n) is 3.90. The first-order chi connectivity index (χ1) is 8.65. The zero-order chi connectivity index (χ0) is 12.7. The van der Waals surface area contributed by atoms with Crippen LogP contribution in [0.1, 0.15) is 43.5 Å². The third-order valence-corrected chi connectivity index (χ3v) is 3.90. The van der Waals surface area contributed by atoms with Gasteiger partial charge in [0.25, 0.3) is 0 Å². The van der Waals surface area contributed by atoms with E-state index in [-0.39, 0.29) is 5.78 Å². The molecule has 3 nitrogen and oxygen atoms in total. The van der Waals surface area contributed by atoms with Crippen molar-refractivity contribution in [2.75, 3.05) is 0 Å². The van der Waals surface area contributed by atoms with Crippen LogP contribution in [0.3, 0.4) is 0 Å². The van der Waals surface area contributed by atoms with E-state index in [9.17, 15) is 4.79 Å². The first-order valence-electron chi connectivity index (χ1n) is 6.60. The summed E-state index contributed by atoms with van der Waals surface area (Å²) in [5.41, 5.74) is 3.28. The Morgan fingerprint density at radius 2 is 2.22 bits per heavy atom. The van der Waals surface area contributed by atoms with Crippen molar-refractivity contribution in [3.8, 4) is 0 Å². The number of hydrogen-bond donors (Lipinski definition) is 0. The smallest absolute Gasteiger partial charge is 0.134 e. The largest absolute Gasteiger partial charge is 0.331 e. The number of Topliss-reactive ketones (excluding diaryl/α,β-unsaturated/α-hetero) is 1. The first kappa shape index (κ1) is 11.5. The second-order valence-electron chi connectivity index (χ2n) is 5.36. The molecule has 1 aliphatic rings. The highest BCUT2D eigenvalue weighted by Crippen LogP contribution is 2.36. The summed E-state index contributed by atoms with van der Waals surface area (Å²) in [7, 11) is 2.08. The lowest BCUT2D eigenvalue weighted by molar-refractivity contribution is -0.116. The van der Waals surface area contributed by atoms with E-state index in [1.165, 1.54) is 25.1 Å². The van der Waals surface area contributed by atoms with Crippen LogP contribution in [0.5, 0.6) is 0 Å². The van der Waals surface area contributed by atoms with Gasteiger partial charge in [-0.2, -0.15) is 0 Å². The summed E-state index contributed by atoms with van der Waals surface area (Å²) in [5, 5.41) is 0. The summed E-state index contributed by atoms with van der Waals surface area (Å²) >= 11 is 0. The van der Waals surface area contributed by atoms with Crippen molar-refractivity contribution in [3.05, 3.63) is 29.6 Å². The Morgan fingerprint density at radius 1 is 1.44 bits per heavy atom. The summed E-state index contributed by atoms with van der Waals surface area (Å²) in [5.74, 6) is 2.05. The molecule has 0 N–H and O–H groups in total. The van der Waals surface area contributed by atoms with Gasteiger partial charge >= 0.3 is 0 Å². The Bertz CT molecular complexity index is 608. The molecular weight excluding hydrogens is 224 g/mol. The van der Waals surface area contributed by atoms with Crippen molar-refractivity contribution < 1.29 is 4.79 Å². The van der Waals surface area contributed by atoms with Crippen LogP contribution in [-0.2, 0) is 18.3 Å². The lowest BCUT2D eigenvalue weighted by atomic mass is 9.85. The molecular formula is C15H18N2O. The predicted octanol–water partition coefficient (Wildman–Crippen LogP) is 2.97. The Balaban J connectivity index is 2.04. The van der Waals surface area contributed by atoms with Gasteiger partial charge in [-0.25, -0.2) is 4.98 Å². The van der Waals surface area contributed by atoms with E-state index >= 15 is 0 Å². The summed E-state index contributed by atoms with van der Waals surface area (Å²) in [4.78, 5) is 15.9. The van der Waals surface area contributed by atoms with Gasteiger partial charge in [0.1, 0.15) is 11.6 Å². The van der Waals surface area contributed by atoms with Crippen LogP contribution in [0, 0.1) is 0 Å². The monoisotopic (exact) mass is 242 g/mol. The standard InChI is InChI=1S/C15H18N2O/c1-10(18)8-11-6-7-13-14(9-11)17(2)15(16-13)12-4-3-5-12/h6-7,9,12H,3-5,8H2,1-2H3. The van der Waals surface area contributed by atoms with Crippen molar-refractivity contribution >= 4 is 16.8 Å². The Labute approximate surface area is 107 Å². The molecule has 94 valence electrons. The van der Waals surface area contributed by atoms with Gasteiger partial charge in [-0.15, -0.1) is 0 Å². The Morgan fingerprint density at radius 3 is 2.83 bits per heavy atom. The molecule has 0 saturated heterocycles. The van der Waals surface area contributed by atoms with Crippen LogP contribution < -0.4 is 0 Å². The van der Waals surface area contributed by atoms with Crippen molar-refractivity contribution in [1.82, 2.24) is 9.55 Å². The number of benzene rings is 1. The average molecular weight is 242 g/mol. The number of fused-ring (bicyclic) bond motifs is 1. The van der Waals surface area contributed by atoms with Crippen molar-refractivity contribution in [2.24, 2.45) is 7.05 Å². The van der Waals surface area contributed by atoms with E-state index in [2.05, 4.69) is 17.7 Å². The minimum Gasteiger partial charge on any atom is -0.331 e. The van der Waals surface area contributed by atoms with Gasteiger partial charge in [-0.1, -0.05) is 12.5 Å². The lowest BCUT2D eigenvalue weighted by Crippen LogP contribution is -2.13. The van der Waals surface area contributed by atoms with Gasteiger partial charge < -0.3 is 4.57 Å². The van der Waals surface area contributed by atoms with E-state index in [4.69, 9.17) is 4.98 Å². The molecule has 0 atom stereocenters. The minimum atomic E-state index is 0.204. The van der Waals surface area contributed by atoms with E-state index in [0.29, 0.717) is 12.3 Å². The lowest BCUT2D eigenvalue weighted by Gasteiger charge is -2.24. The van der Waals surface area contributed by atoms with Crippen molar-refractivity contribution in [2.45, 2.75) is 38.5 Å². The number of aryl methyl sites for hydroxylation is 1.